The number of ether oxygens (including phenoxy) is 2. The third kappa shape index (κ3) is 4.83. The van der Waals surface area contributed by atoms with E-state index in [1.165, 1.54) is 6.21 Å². The summed E-state index contributed by atoms with van der Waals surface area (Å²) in [7, 11) is 3.20. The molecule has 0 fully saturated rings. The van der Waals surface area contributed by atoms with Crippen molar-refractivity contribution in [2.75, 3.05) is 14.2 Å². The smallest absolute Gasteiger partial charge is 0.260 e. The zero-order valence-electron chi connectivity index (χ0n) is 17.5. The zero-order valence-corrected chi connectivity index (χ0v) is 19.1. The highest BCUT2D eigenvalue weighted by atomic mass is 79.9. The lowest BCUT2D eigenvalue weighted by Crippen LogP contribution is -2.24. The van der Waals surface area contributed by atoms with E-state index in [0.29, 0.717) is 28.3 Å². The Morgan fingerprint density at radius 3 is 2.72 bits per heavy atom. The van der Waals surface area contributed by atoms with Crippen LogP contribution in [-0.4, -0.2) is 35.9 Å². The first-order chi connectivity index (χ1) is 15.6. The Kier molecular flexibility index (Phi) is 6.55. The Bertz CT molecular complexity index is 1280. The van der Waals surface area contributed by atoms with E-state index in [-0.39, 0.29) is 12.5 Å². The molecule has 32 heavy (non-hydrogen) atoms. The van der Waals surface area contributed by atoms with Crippen LogP contribution >= 0.6 is 15.9 Å². The number of methoxy groups -OCH3 is 2. The molecule has 0 aliphatic heterocycles. The summed E-state index contributed by atoms with van der Waals surface area (Å²) in [6, 6.07) is 16.9. The second kappa shape index (κ2) is 9.69. The second-order valence-corrected chi connectivity index (χ2v) is 7.69. The predicted octanol–water partition coefficient (Wildman–Crippen LogP) is 4.15. The number of hydrogen-bond donors (Lipinski definition) is 1. The number of furan rings is 1. The molecule has 0 aliphatic rings. The molecular weight excluding hydrogens is 476 g/mol. The lowest BCUT2D eigenvalue weighted by atomic mass is 10.1. The number of imidazole rings is 1. The summed E-state index contributed by atoms with van der Waals surface area (Å²) in [6.45, 7) is 0.0718. The van der Waals surface area contributed by atoms with E-state index >= 15 is 0 Å². The van der Waals surface area contributed by atoms with Gasteiger partial charge in [0, 0.05) is 6.42 Å². The average Bonchev–Trinajstić information content (AvgIpc) is 3.36. The van der Waals surface area contributed by atoms with Gasteiger partial charge < -0.3 is 18.5 Å². The number of amides is 1. The fourth-order valence-corrected chi connectivity index (χ4v) is 3.67. The Morgan fingerprint density at radius 2 is 1.97 bits per heavy atom. The summed E-state index contributed by atoms with van der Waals surface area (Å²) in [4.78, 5) is 17.3. The molecule has 0 aliphatic carbocycles. The molecule has 0 radical (unpaired) electrons. The standard InChI is InChI=1S/C23H21BrN4O4/c1-30-19-9-7-15(11-20(19)31-2)12-22-26-17-5-3-4-6-18(17)28(22)14-23(29)27-25-13-16-8-10-21(24)32-16/h3-11,13H,12,14H2,1-2H3,(H,27,29)/b25-13-. The van der Waals surface area contributed by atoms with Crippen molar-refractivity contribution in [3.63, 3.8) is 0 Å². The van der Waals surface area contributed by atoms with Gasteiger partial charge in [-0.25, -0.2) is 10.4 Å². The number of aromatic nitrogens is 2. The largest absolute Gasteiger partial charge is 0.493 e. The lowest BCUT2D eigenvalue weighted by Gasteiger charge is -2.11. The summed E-state index contributed by atoms with van der Waals surface area (Å²) in [6.07, 6.45) is 1.96. The SMILES string of the molecule is COc1ccc(Cc2nc3ccccc3n2CC(=O)N/N=C\c2ccc(Br)o2)cc1OC. The van der Waals surface area contributed by atoms with Gasteiger partial charge in [0.25, 0.3) is 5.91 Å². The number of halogens is 1. The number of rotatable bonds is 8. The van der Waals surface area contributed by atoms with Crippen LogP contribution in [0, 0.1) is 0 Å². The van der Waals surface area contributed by atoms with Gasteiger partial charge in [0.1, 0.15) is 18.1 Å². The number of benzene rings is 2. The van der Waals surface area contributed by atoms with Gasteiger partial charge in [-0.05, 0) is 57.9 Å². The molecule has 2 aromatic carbocycles. The van der Waals surface area contributed by atoms with E-state index in [2.05, 4.69) is 26.5 Å². The topological polar surface area (TPSA) is 90.9 Å². The minimum atomic E-state index is -0.274. The molecule has 164 valence electrons. The molecule has 0 spiro atoms. The number of hydrazone groups is 1. The summed E-state index contributed by atoms with van der Waals surface area (Å²) in [5, 5.41) is 3.97. The number of carbonyl (C=O) groups is 1. The lowest BCUT2D eigenvalue weighted by molar-refractivity contribution is -0.121. The van der Waals surface area contributed by atoms with Crippen molar-refractivity contribution in [1.29, 1.82) is 0 Å². The molecule has 0 bridgehead atoms. The first-order valence-corrected chi connectivity index (χ1v) is 10.6. The highest BCUT2D eigenvalue weighted by Gasteiger charge is 2.15. The van der Waals surface area contributed by atoms with Gasteiger partial charge in [-0.3, -0.25) is 4.79 Å². The molecule has 9 heteroatoms. The van der Waals surface area contributed by atoms with Crippen molar-refractivity contribution >= 4 is 39.1 Å². The maximum atomic E-state index is 12.6. The number of para-hydroxylation sites is 2. The fraction of sp³-hybridized carbons (Fsp3) is 0.174. The molecule has 8 nitrogen and oxygen atoms in total. The molecule has 0 unspecified atom stereocenters. The molecule has 2 heterocycles. The van der Waals surface area contributed by atoms with Crippen LogP contribution < -0.4 is 14.9 Å². The highest BCUT2D eigenvalue weighted by molar-refractivity contribution is 9.10. The van der Waals surface area contributed by atoms with Crippen molar-refractivity contribution in [1.82, 2.24) is 15.0 Å². The number of nitrogens with zero attached hydrogens (tertiary/aromatic N) is 3. The first kappa shape index (κ1) is 21.6. The molecule has 4 aromatic rings. The van der Waals surface area contributed by atoms with E-state index < -0.39 is 0 Å². The zero-order chi connectivity index (χ0) is 22.5. The summed E-state index contributed by atoms with van der Waals surface area (Å²) in [5.74, 6) is 2.31. The Labute approximate surface area is 193 Å². The number of fused-ring (bicyclic) bond motifs is 1. The van der Waals surface area contributed by atoms with Gasteiger partial charge in [-0.15, -0.1) is 0 Å². The van der Waals surface area contributed by atoms with Crippen molar-refractivity contribution in [2.24, 2.45) is 5.10 Å². The van der Waals surface area contributed by atoms with Crippen molar-refractivity contribution in [2.45, 2.75) is 13.0 Å². The van der Waals surface area contributed by atoms with E-state index in [1.54, 1.807) is 26.4 Å². The molecule has 2 aromatic heterocycles. The fourth-order valence-electron chi connectivity index (χ4n) is 3.35. The number of nitrogens with one attached hydrogen (secondary N) is 1. The summed E-state index contributed by atoms with van der Waals surface area (Å²) < 4.78 is 18.5. The third-order valence-corrected chi connectivity index (χ3v) is 5.25. The molecule has 0 atom stereocenters. The monoisotopic (exact) mass is 496 g/mol. The average molecular weight is 497 g/mol. The number of hydrogen-bond acceptors (Lipinski definition) is 6. The van der Waals surface area contributed by atoms with Gasteiger partial charge in [-0.1, -0.05) is 18.2 Å². The summed E-state index contributed by atoms with van der Waals surface area (Å²) >= 11 is 3.23. The van der Waals surface area contributed by atoms with Crippen molar-refractivity contribution in [3.8, 4) is 11.5 Å². The van der Waals surface area contributed by atoms with Crippen LogP contribution in [0.5, 0.6) is 11.5 Å². The highest BCUT2D eigenvalue weighted by Crippen LogP contribution is 2.29. The van der Waals surface area contributed by atoms with Gasteiger partial charge in [0.15, 0.2) is 16.2 Å². The Morgan fingerprint density at radius 1 is 1.16 bits per heavy atom. The van der Waals surface area contributed by atoms with Crippen LogP contribution in [0.2, 0.25) is 0 Å². The van der Waals surface area contributed by atoms with Crippen LogP contribution in [0.4, 0.5) is 0 Å². The van der Waals surface area contributed by atoms with Gasteiger partial charge in [-0.2, -0.15) is 5.10 Å². The van der Waals surface area contributed by atoms with E-state index in [0.717, 1.165) is 22.4 Å². The summed E-state index contributed by atoms with van der Waals surface area (Å²) in [5.41, 5.74) is 5.22. The van der Waals surface area contributed by atoms with E-state index in [1.807, 2.05) is 47.0 Å². The van der Waals surface area contributed by atoms with Gasteiger partial charge >= 0.3 is 0 Å². The van der Waals surface area contributed by atoms with Crippen LogP contribution in [0.25, 0.3) is 11.0 Å². The van der Waals surface area contributed by atoms with E-state index in [4.69, 9.17) is 18.9 Å². The number of carbonyl (C=O) groups excluding carboxylic acids is 1. The molecule has 0 saturated carbocycles. The van der Waals surface area contributed by atoms with Gasteiger partial charge in [0.05, 0.1) is 31.5 Å². The second-order valence-electron chi connectivity index (χ2n) is 6.90. The predicted molar refractivity (Wildman–Crippen MR) is 124 cm³/mol. The van der Waals surface area contributed by atoms with E-state index in [9.17, 15) is 4.79 Å². The molecule has 4 rings (SSSR count). The molecule has 1 amide bonds. The maximum Gasteiger partial charge on any atom is 0.260 e. The molecule has 1 N–H and O–H groups in total. The Hall–Kier alpha value is -3.59. The maximum absolute atomic E-state index is 12.6. The van der Waals surface area contributed by atoms with Crippen molar-refractivity contribution in [3.05, 3.63) is 76.4 Å². The van der Waals surface area contributed by atoms with Crippen LogP contribution in [0.3, 0.4) is 0 Å². The quantitative estimate of drug-likeness (QED) is 0.292. The molecule has 0 saturated heterocycles. The van der Waals surface area contributed by atoms with Gasteiger partial charge in [0.2, 0.25) is 0 Å². The van der Waals surface area contributed by atoms with Crippen LogP contribution in [-0.2, 0) is 17.8 Å². The Balaban J connectivity index is 1.56. The first-order valence-electron chi connectivity index (χ1n) is 9.79. The van der Waals surface area contributed by atoms with Crippen LogP contribution in [0.15, 0.2) is 68.8 Å². The van der Waals surface area contributed by atoms with Crippen LogP contribution in [0.1, 0.15) is 17.1 Å². The normalized spacial score (nSPS) is 11.2. The van der Waals surface area contributed by atoms with Crippen molar-refractivity contribution < 1.29 is 18.7 Å². The minimum Gasteiger partial charge on any atom is -0.493 e. The minimum absolute atomic E-state index is 0.0718. The third-order valence-electron chi connectivity index (χ3n) is 4.82. The molecular formula is C23H21BrN4O4.